The number of rotatable bonds is 8. The number of hydrogen-bond acceptors (Lipinski definition) is 7. The minimum Gasteiger partial charge on any atom is -0.493 e. The highest BCUT2D eigenvalue weighted by Crippen LogP contribution is 2.35. The molecule has 1 aliphatic heterocycles. The van der Waals surface area contributed by atoms with E-state index in [1.54, 1.807) is 48.5 Å². The summed E-state index contributed by atoms with van der Waals surface area (Å²) in [5.41, 5.74) is 0.706. The molecule has 1 N–H and O–H groups in total. The van der Waals surface area contributed by atoms with Crippen LogP contribution in [-0.4, -0.2) is 48.3 Å². The minimum absolute atomic E-state index is 0.0527. The van der Waals surface area contributed by atoms with Gasteiger partial charge in [0.15, 0.2) is 23.0 Å². The zero-order valence-electron chi connectivity index (χ0n) is 18.7. The zero-order valence-corrected chi connectivity index (χ0v) is 19.5. The third-order valence-electron chi connectivity index (χ3n) is 5.10. The lowest BCUT2D eigenvalue weighted by molar-refractivity contribution is -0.114. The third kappa shape index (κ3) is 4.86. The molecule has 0 aromatic heterocycles. The molecule has 9 nitrogen and oxygen atoms in total. The van der Waals surface area contributed by atoms with Gasteiger partial charge in [0.2, 0.25) is 5.91 Å². The number of nitrogens with one attached hydrogen (secondary N) is 1. The summed E-state index contributed by atoms with van der Waals surface area (Å²) in [6, 6.07) is 17.5. The maximum atomic E-state index is 13.5. The summed E-state index contributed by atoms with van der Waals surface area (Å²) >= 11 is 0. The van der Waals surface area contributed by atoms with Gasteiger partial charge in [0.25, 0.3) is 10.0 Å². The van der Waals surface area contributed by atoms with Crippen molar-refractivity contribution in [2.24, 2.45) is 0 Å². The highest BCUT2D eigenvalue weighted by molar-refractivity contribution is 7.92. The van der Waals surface area contributed by atoms with Gasteiger partial charge in [0, 0.05) is 17.8 Å². The Morgan fingerprint density at radius 1 is 0.912 bits per heavy atom. The van der Waals surface area contributed by atoms with E-state index in [1.807, 2.05) is 0 Å². The summed E-state index contributed by atoms with van der Waals surface area (Å²) in [7, 11) is -1.14. The number of carbonyl (C=O) groups is 1. The Balaban J connectivity index is 1.65. The molecule has 0 atom stereocenters. The van der Waals surface area contributed by atoms with Crippen molar-refractivity contribution in [3.63, 3.8) is 0 Å². The summed E-state index contributed by atoms with van der Waals surface area (Å²) in [6.45, 7) is 0.393. The molecule has 3 aromatic carbocycles. The maximum absolute atomic E-state index is 13.5. The second-order valence-electron chi connectivity index (χ2n) is 7.27. The molecule has 1 heterocycles. The van der Waals surface area contributed by atoms with Gasteiger partial charge in [-0.05, 0) is 36.4 Å². The van der Waals surface area contributed by atoms with Crippen LogP contribution >= 0.6 is 0 Å². The van der Waals surface area contributed by atoms with Crippen LogP contribution in [0.15, 0.2) is 71.6 Å². The van der Waals surface area contributed by atoms with Crippen molar-refractivity contribution < 1.29 is 32.2 Å². The van der Waals surface area contributed by atoms with Crippen molar-refractivity contribution in [3.8, 4) is 23.0 Å². The monoisotopic (exact) mass is 484 g/mol. The van der Waals surface area contributed by atoms with Crippen LogP contribution in [0.2, 0.25) is 0 Å². The third-order valence-corrected chi connectivity index (χ3v) is 6.89. The Morgan fingerprint density at radius 2 is 1.62 bits per heavy atom. The van der Waals surface area contributed by atoms with E-state index in [0.29, 0.717) is 41.9 Å². The summed E-state index contributed by atoms with van der Waals surface area (Å²) in [6.07, 6.45) is 0. The number of anilines is 2. The molecular formula is C24H24N2O7S. The van der Waals surface area contributed by atoms with E-state index >= 15 is 0 Å². The van der Waals surface area contributed by atoms with Gasteiger partial charge >= 0.3 is 0 Å². The van der Waals surface area contributed by atoms with Gasteiger partial charge in [0.05, 0.1) is 24.8 Å². The first-order valence-electron chi connectivity index (χ1n) is 10.4. The van der Waals surface area contributed by atoms with Crippen LogP contribution < -0.4 is 28.6 Å². The van der Waals surface area contributed by atoms with Gasteiger partial charge in [-0.2, -0.15) is 0 Å². The molecule has 10 heteroatoms. The van der Waals surface area contributed by atoms with Gasteiger partial charge in [-0.15, -0.1) is 0 Å². The number of hydrogen-bond donors (Lipinski definition) is 1. The molecule has 34 heavy (non-hydrogen) atoms. The summed E-state index contributed by atoms with van der Waals surface area (Å²) < 4.78 is 49.7. The molecular weight excluding hydrogens is 460 g/mol. The fourth-order valence-corrected chi connectivity index (χ4v) is 4.90. The standard InChI is InChI=1S/C24H24N2O7S/c1-30-20-11-9-18(15-22(20)31-2)26(34(28,29)19-6-4-3-5-7-19)16-24(27)25-17-8-10-21-23(14-17)33-13-12-32-21/h3-11,14-15H,12-13,16H2,1-2H3,(H,25,27). The first-order chi connectivity index (χ1) is 16.4. The molecule has 0 unspecified atom stereocenters. The predicted molar refractivity (Wildman–Crippen MR) is 127 cm³/mol. The number of ether oxygens (including phenoxy) is 4. The predicted octanol–water partition coefficient (Wildman–Crippen LogP) is 3.31. The fourth-order valence-electron chi connectivity index (χ4n) is 3.47. The molecule has 0 radical (unpaired) electrons. The molecule has 178 valence electrons. The van der Waals surface area contributed by atoms with E-state index in [9.17, 15) is 13.2 Å². The van der Waals surface area contributed by atoms with Crippen LogP contribution in [-0.2, 0) is 14.8 Å². The van der Waals surface area contributed by atoms with Crippen LogP contribution in [0.1, 0.15) is 0 Å². The van der Waals surface area contributed by atoms with Crippen molar-refractivity contribution in [2.75, 3.05) is 43.6 Å². The smallest absolute Gasteiger partial charge is 0.264 e. The number of sulfonamides is 1. The van der Waals surface area contributed by atoms with Crippen LogP contribution in [0, 0.1) is 0 Å². The summed E-state index contributed by atoms with van der Waals surface area (Å²) in [5, 5.41) is 2.73. The first kappa shape index (κ1) is 23.2. The van der Waals surface area contributed by atoms with E-state index in [4.69, 9.17) is 18.9 Å². The van der Waals surface area contributed by atoms with Crippen LogP contribution in [0.3, 0.4) is 0 Å². The number of amides is 1. The van der Waals surface area contributed by atoms with Crippen molar-refractivity contribution >= 4 is 27.3 Å². The topological polar surface area (TPSA) is 103 Å². The van der Waals surface area contributed by atoms with E-state index in [0.717, 1.165) is 4.31 Å². The number of methoxy groups -OCH3 is 2. The number of carbonyl (C=O) groups excluding carboxylic acids is 1. The Labute approximate surface area is 197 Å². The lowest BCUT2D eigenvalue weighted by Gasteiger charge is -2.25. The van der Waals surface area contributed by atoms with Crippen molar-refractivity contribution in [2.45, 2.75) is 4.90 Å². The average molecular weight is 485 g/mol. The molecule has 3 aromatic rings. The molecule has 0 spiro atoms. The maximum Gasteiger partial charge on any atom is 0.264 e. The quantitative estimate of drug-likeness (QED) is 0.523. The van der Waals surface area contributed by atoms with E-state index in [-0.39, 0.29) is 10.6 Å². The second-order valence-corrected chi connectivity index (χ2v) is 9.13. The lowest BCUT2D eigenvalue weighted by atomic mass is 10.2. The molecule has 4 rings (SSSR count). The number of nitrogens with zero attached hydrogens (tertiary/aromatic N) is 1. The van der Waals surface area contributed by atoms with Crippen LogP contribution in [0.4, 0.5) is 11.4 Å². The second kappa shape index (κ2) is 9.92. The van der Waals surface area contributed by atoms with E-state index in [1.165, 1.54) is 32.4 Å². The SMILES string of the molecule is COc1ccc(N(CC(=O)Nc2ccc3c(c2)OCCO3)S(=O)(=O)c2ccccc2)cc1OC. The Hall–Kier alpha value is -3.92. The largest absolute Gasteiger partial charge is 0.493 e. The normalized spacial score (nSPS) is 12.5. The van der Waals surface area contributed by atoms with E-state index in [2.05, 4.69) is 5.32 Å². The van der Waals surface area contributed by atoms with Crippen molar-refractivity contribution in [3.05, 3.63) is 66.7 Å². The molecule has 0 saturated carbocycles. The Bertz CT molecular complexity index is 1280. The highest BCUT2D eigenvalue weighted by Gasteiger charge is 2.28. The van der Waals surface area contributed by atoms with Crippen molar-refractivity contribution in [1.29, 1.82) is 0 Å². The zero-order chi connectivity index (χ0) is 24.1. The van der Waals surface area contributed by atoms with Gasteiger partial charge < -0.3 is 24.3 Å². The summed E-state index contributed by atoms with van der Waals surface area (Å²) in [5.74, 6) is 1.33. The molecule has 0 bridgehead atoms. The van der Waals surface area contributed by atoms with Gasteiger partial charge in [-0.3, -0.25) is 9.10 Å². The molecule has 0 aliphatic carbocycles. The van der Waals surface area contributed by atoms with Gasteiger partial charge in [-0.1, -0.05) is 18.2 Å². The Morgan fingerprint density at radius 3 is 2.32 bits per heavy atom. The van der Waals surface area contributed by atoms with Crippen LogP contribution in [0.25, 0.3) is 0 Å². The lowest BCUT2D eigenvalue weighted by Crippen LogP contribution is -2.38. The van der Waals surface area contributed by atoms with Gasteiger partial charge in [-0.25, -0.2) is 8.42 Å². The highest BCUT2D eigenvalue weighted by atomic mass is 32.2. The fraction of sp³-hybridized carbons (Fsp3) is 0.208. The van der Waals surface area contributed by atoms with E-state index < -0.39 is 22.5 Å². The minimum atomic E-state index is -4.07. The molecule has 1 amide bonds. The average Bonchev–Trinajstić information content (AvgIpc) is 2.87. The molecule has 1 aliphatic rings. The van der Waals surface area contributed by atoms with Crippen LogP contribution in [0.5, 0.6) is 23.0 Å². The molecule has 0 saturated heterocycles. The van der Waals surface area contributed by atoms with Gasteiger partial charge in [0.1, 0.15) is 19.8 Å². The van der Waals surface area contributed by atoms with Crippen molar-refractivity contribution in [1.82, 2.24) is 0 Å². The number of fused-ring (bicyclic) bond motifs is 1. The Kier molecular flexibility index (Phi) is 6.78. The first-order valence-corrected chi connectivity index (χ1v) is 11.9. The molecule has 0 fully saturated rings. The summed E-state index contributed by atoms with van der Waals surface area (Å²) in [4.78, 5) is 13.0. The number of benzene rings is 3.